The summed E-state index contributed by atoms with van der Waals surface area (Å²) in [5, 5.41) is 7.84. The summed E-state index contributed by atoms with van der Waals surface area (Å²) >= 11 is 0. The number of nitrogens with zero attached hydrogens (tertiary/aromatic N) is 2. The number of carbonyl (C=O) groups is 1. The minimum absolute atomic E-state index is 0.0657. The fraction of sp³-hybridized carbons (Fsp3) is 0.238. The predicted octanol–water partition coefficient (Wildman–Crippen LogP) is 3.53. The molecule has 0 spiro atoms. The zero-order chi connectivity index (χ0) is 20.5. The van der Waals surface area contributed by atoms with Crippen molar-refractivity contribution in [3.05, 3.63) is 53.3 Å². The van der Waals surface area contributed by atoms with Crippen LogP contribution < -0.4 is 14.8 Å². The Hall–Kier alpha value is -3.55. The van der Waals surface area contributed by atoms with Gasteiger partial charge in [-0.2, -0.15) is 5.10 Å². The van der Waals surface area contributed by atoms with Crippen molar-refractivity contribution in [3.63, 3.8) is 0 Å². The second kappa shape index (κ2) is 7.46. The molecule has 0 amide bonds. The third-order valence-corrected chi connectivity index (χ3v) is 4.88. The van der Waals surface area contributed by atoms with Gasteiger partial charge in [0.2, 0.25) is 0 Å². The quantitative estimate of drug-likeness (QED) is 0.502. The summed E-state index contributed by atoms with van der Waals surface area (Å²) in [4.78, 5) is 11.9. The minimum Gasteiger partial charge on any atom is -0.493 e. The Morgan fingerprint density at radius 2 is 1.93 bits per heavy atom. The molecule has 29 heavy (non-hydrogen) atoms. The number of methoxy groups -OCH3 is 3. The molecule has 7 nitrogen and oxygen atoms in total. The highest BCUT2D eigenvalue weighted by Gasteiger charge is 2.30. The third kappa shape index (κ3) is 3.37. The molecule has 8 heteroatoms. The van der Waals surface area contributed by atoms with Gasteiger partial charge in [-0.1, -0.05) is 6.07 Å². The first-order valence-corrected chi connectivity index (χ1v) is 8.98. The first-order chi connectivity index (χ1) is 14.0. The van der Waals surface area contributed by atoms with E-state index in [0.29, 0.717) is 29.4 Å². The molecule has 1 aliphatic carbocycles. The topological polar surface area (TPSA) is 74.6 Å². The molecule has 4 rings (SSSR count). The molecule has 0 fully saturated rings. The van der Waals surface area contributed by atoms with E-state index in [4.69, 9.17) is 14.2 Å². The van der Waals surface area contributed by atoms with Gasteiger partial charge in [-0.15, -0.1) is 0 Å². The number of esters is 1. The van der Waals surface area contributed by atoms with Gasteiger partial charge in [0.1, 0.15) is 18.2 Å². The molecule has 3 aromatic rings. The molecule has 1 aliphatic rings. The Bertz CT molecular complexity index is 1090. The number of aromatic nitrogens is 2. The minimum atomic E-state index is -0.430. The highest BCUT2D eigenvalue weighted by Crippen LogP contribution is 2.45. The van der Waals surface area contributed by atoms with E-state index in [-0.39, 0.29) is 12.4 Å². The van der Waals surface area contributed by atoms with Gasteiger partial charge in [0, 0.05) is 23.2 Å². The number of hydrogen-bond acceptors (Lipinski definition) is 6. The van der Waals surface area contributed by atoms with Crippen molar-refractivity contribution in [2.24, 2.45) is 0 Å². The smallest absolute Gasteiger partial charge is 0.327 e. The van der Waals surface area contributed by atoms with Crippen LogP contribution in [0.2, 0.25) is 0 Å². The first kappa shape index (κ1) is 18.8. The Balaban J connectivity index is 1.81. The number of anilines is 2. The van der Waals surface area contributed by atoms with E-state index < -0.39 is 5.97 Å². The van der Waals surface area contributed by atoms with Crippen molar-refractivity contribution in [3.8, 4) is 22.8 Å². The lowest BCUT2D eigenvalue weighted by Gasteiger charge is -2.12. The highest BCUT2D eigenvalue weighted by molar-refractivity contribution is 5.82. The van der Waals surface area contributed by atoms with E-state index in [1.54, 1.807) is 31.0 Å². The maximum absolute atomic E-state index is 13.7. The lowest BCUT2D eigenvalue weighted by Crippen LogP contribution is -2.15. The molecule has 0 radical (unpaired) electrons. The van der Waals surface area contributed by atoms with Gasteiger partial charge >= 0.3 is 5.97 Å². The maximum atomic E-state index is 13.7. The van der Waals surface area contributed by atoms with Crippen molar-refractivity contribution in [1.29, 1.82) is 0 Å². The molecule has 0 atom stereocenters. The largest absolute Gasteiger partial charge is 0.493 e. The van der Waals surface area contributed by atoms with Gasteiger partial charge in [-0.3, -0.25) is 4.79 Å². The lowest BCUT2D eigenvalue weighted by atomic mass is 10.1. The number of rotatable bonds is 6. The standard InChI is InChI=1S/C21H20FN3O4/c1-27-17-8-12-7-16-20(15(12)10-18(17)28-2)24-25(11-19(26)29-3)21(16)23-14-6-4-5-13(22)9-14/h4-6,8-10,23H,7,11H2,1-3H3. The average molecular weight is 397 g/mol. The molecular weight excluding hydrogens is 377 g/mol. The fourth-order valence-electron chi connectivity index (χ4n) is 3.51. The normalized spacial score (nSPS) is 11.6. The van der Waals surface area contributed by atoms with Crippen LogP contribution in [0, 0.1) is 5.82 Å². The van der Waals surface area contributed by atoms with Crippen molar-refractivity contribution in [1.82, 2.24) is 9.78 Å². The number of hydrogen-bond donors (Lipinski definition) is 1. The summed E-state index contributed by atoms with van der Waals surface area (Å²) in [6.45, 7) is -0.0657. The number of carbonyl (C=O) groups excluding carboxylic acids is 1. The van der Waals surface area contributed by atoms with Crippen LogP contribution in [-0.4, -0.2) is 37.1 Å². The van der Waals surface area contributed by atoms with Gasteiger partial charge < -0.3 is 19.5 Å². The summed E-state index contributed by atoms with van der Waals surface area (Å²) in [5.74, 6) is 1.06. The zero-order valence-corrected chi connectivity index (χ0v) is 16.3. The van der Waals surface area contributed by atoms with Crippen LogP contribution in [0.15, 0.2) is 36.4 Å². The van der Waals surface area contributed by atoms with Gasteiger partial charge in [-0.05, 0) is 35.9 Å². The van der Waals surface area contributed by atoms with Crippen molar-refractivity contribution < 1.29 is 23.4 Å². The van der Waals surface area contributed by atoms with E-state index in [1.165, 1.54) is 19.2 Å². The van der Waals surface area contributed by atoms with Crippen molar-refractivity contribution in [2.75, 3.05) is 26.6 Å². The second-order valence-electron chi connectivity index (χ2n) is 6.59. The number of ether oxygens (including phenoxy) is 3. The molecule has 0 bridgehead atoms. The molecule has 0 aliphatic heterocycles. The second-order valence-corrected chi connectivity index (χ2v) is 6.59. The molecule has 0 saturated heterocycles. The Morgan fingerprint density at radius 1 is 1.17 bits per heavy atom. The van der Waals surface area contributed by atoms with Gasteiger partial charge in [0.05, 0.1) is 27.0 Å². The fourth-order valence-corrected chi connectivity index (χ4v) is 3.51. The number of nitrogens with one attached hydrogen (secondary N) is 1. The SMILES string of the molecule is COC(=O)Cn1nc2c(c1Nc1cccc(F)c1)Cc1cc(OC)c(OC)cc1-2. The summed E-state index contributed by atoms with van der Waals surface area (Å²) in [6, 6.07) is 9.92. The van der Waals surface area contributed by atoms with Crippen LogP contribution in [-0.2, 0) is 22.5 Å². The monoisotopic (exact) mass is 397 g/mol. The first-order valence-electron chi connectivity index (χ1n) is 8.98. The van der Waals surface area contributed by atoms with Crippen LogP contribution in [0.5, 0.6) is 11.5 Å². The van der Waals surface area contributed by atoms with Crippen LogP contribution in [0.25, 0.3) is 11.3 Å². The zero-order valence-electron chi connectivity index (χ0n) is 16.3. The van der Waals surface area contributed by atoms with Crippen LogP contribution in [0.1, 0.15) is 11.1 Å². The van der Waals surface area contributed by atoms with Gasteiger partial charge in [-0.25, -0.2) is 9.07 Å². The van der Waals surface area contributed by atoms with E-state index in [2.05, 4.69) is 10.4 Å². The van der Waals surface area contributed by atoms with E-state index in [1.807, 2.05) is 12.1 Å². The molecule has 1 aromatic heterocycles. The molecule has 1 N–H and O–H groups in total. The van der Waals surface area contributed by atoms with Gasteiger partial charge in [0.15, 0.2) is 11.5 Å². The molecule has 0 saturated carbocycles. The van der Waals surface area contributed by atoms with Crippen molar-refractivity contribution in [2.45, 2.75) is 13.0 Å². The number of benzene rings is 2. The van der Waals surface area contributed by atoms with Crippen LogP contribution >= 0.6 is 0 Å². The summed E-state index contributed by atoms with van der Waals surface area (Å²) in [7, 11) is 4.49. The molecular formula is C21H20FN3O4. The number of fused-ring (bicyclic) bond motifs is 3. The Kier molecular flexibility index (Phi) is 4.84. The maximum Gasteiger partial charge on any atom is 0.327 e. The molecule has 150 valence electrons. The van der Waals surface area contributed by atoms with Crippen molar-refractivity contribution >= 4 is 17.5 Å². The lowest BCUT2D eigenvalue weighted by molar-refractivity contribution is -0.141. The summed E-state index contributed by atoms with van der Waals surface area (Å²) in [6.07, 6.45) is 0.587. The Labute approximate surface area is 167 Å². The molecule has 1 heterocycles. The average Bonchev–Trinajstić information content (AvgIpc) is 3.22. The van der Waals surface area contributed by atoms with Gasteiger partial charge in [0.25, 0.3) is 0 Å². The number of halogens is 1. The van der Waals surface area contributed by atoms with Crippen LogP contribution in [0.3, 0.4) is 0 Å². The Morgan fingerprint density at radius 3 is 2.62 bits per heavy atom. The van der Waals surface area contributed by atoms with E-state index in [0.717, 1.165) is 22.4 Å². The summed E-state index contributed by atoms with van der Waals surface area (Å²) < 4.78 is 30.8. The molecule has 0 unspecified atom stereocenters. The third-order valence-electron chi connectivity index (χ3n) is 4.88. The highest BCUT2D eigenvalue weighted by atomic mass is 19.1. The van der Waals surface area contributed by atoms with E-state index in [9.17, 15) is 9.18 Å². The van der Waals surface area contributed by atoms with E-state index >= 15 is 0 Å². The molecule has 2 aromatic carbocycles. The van der Waals surface area contributed by atoms with Crippen LogP contribution in [0.4, 0.5) is 15.9 Å². The summed E-state index contributed by atoms with van der Waals surface area (Å²) in [5.41, 5.74) is 4.15. The predicted molar refractivity (Wildman–Crippen MR) is 105 cm³/mol.